The summed E-state index contributed by atoms with van der Waals surface area (Å²) in [6, 6.07) is 0.475. The molecule has 0 aromatic rings. The van der Waals surface area contributed by atoms with E-state index >= 15 is 0 Å². The average molecular weight is 280 g/mol. The van der Waals surface area contributed by atoms with Gasteiger partial charge in [-0.1, -0.05) is 39.0 Å². The van der Waals surface area contributed by atoms with Crippen molar-refractivity contribution in [2.75, 3.05) is 13.1 Å². The minimum atomic E-state index is 0.111. The number of nitrogens with two attached hydrogens (primary N) is 1. The Kier molecular flexibility index (Phi) is 5.88. The second kappa shape index (κ2) is 7.44. The van der Waals surface area contributed by atoms with E-state index in [2.05, 4.69) is 11.8 Å². The maximum Gasteiger partial charge on any atom is 0.223 e. The third kappa shape index (κ3) is 3.75. The normalized spacial score (nSPS) is 27.1. The lowest BCUT2D eigenvalue weighted by molar-refractivity contribution is -0.136. The van der Waals surface area contributed by atoms with E-state index in [0.717, 1.165) is 25.8 Å². The van der Waals surface area contributed by atoms with Crippen LogP contribution >= 0.6 is 0 Å². The van der Waals surface area contributed by atoms with E-state index in [-0.39, 0.29) is 5.41 Å². The first kappa shape index (κ1) is 15.8. The van der Waals surface area contributed by atoms with Gasteiger partial charge in [0.05, 0.1) is 0 Å². The second-order valence-corrected chi connectivity index (χ2v) is 6.94. The number of hydrogen-bond donors (Lipinski definition) is 1. The van der Waals surface area contributed by atoms with E-state index in [1.165, 1.54) is 44.9 Å². The molecule has 0 aromatic carbocycles. The highest BCUT2D eigenvalue weighted by atomic mass is 16.2. The summed E-state index contributed by atoms with van der Waals surface area (Å²) in [4.78, 5) is 15.0. The van der Waals surface area contributed by atoms with Crippen LogP contribution in [0.3, 0.4) is 0 Å². The number of likely N-dealkylation sites (tertiary alicyclic amines) is 1. The molecular formula is C17H32N2O. The van der Waals surface area contributed by atoms with Gasteiger partial charge in [0.1, 0.15) is 0 Å². The highest BCUT2D eigenvalue weighted by Crippen LogP contribution is 2.39. The molecule has 2 aliphatic rings. The molecule has 3 heteroatoms. The van der Waals surface area contributed by atoms with E-state index in [0.29, 0.717) is 24.9 Å². The monoisotopic (exact) mass is 280 g/mol. The lowest BCUT2D eigenvalue weighted by atomic mass is 9.71. The molecule has 1 heterocycles. The largest absolute Gasteiger partial charge is 0.340 e. The molecule has 1 unspecified atom stereocenters. The van der Waals surface area contributed by atoms with Gasteiger partial charge in [-0.3, -0.25) is 4.79 Å². The van der Waals surface area contributed by atoms with Crippen molar-refractivity contribution in [3.8, 4) is 0 Å². The highest BCUT2D eigenvalue weighted by Gasteiger charge is 2.35. The number of rotatable bonds is 4. The highest BCUT2D eigenvalue weighted by molar-refractivity contribution is 5.77. The van der Waals surface area contributed by atoms with Crippen molar-refractivity contribution >= 4 is 5.91 Å². The molecule has 0 radical (unpaired) electrons. The van der Waals surface area contributed by atoms with Gasteiger partial charge in [0, 0.05) is 19.0 Å². The zero-order valence-corrected chi connectivity index (χ0v) is 13.2. The molecule has 116 valence electrons. The topological polar surface area (TPSA) is 46.3 Å². The third-order valence-corrected chi connectivity index (χ3v) is 5.54. The number of amides is 1. The van der Waals surface area contributed by atoms with Crippen molar-refractivity contribution in [2.45, 2.75) is 83.6 Å². The van der Waals surface area contributed by atoms with Gasteiger partial charge in [-0.2, -0.15) is 0 Å². The summed E-state index contributed by atoms with van der Waals surface area (Å²) in [5.41, 5.74) is 6.15. The molecule has 1 aliphatic heterocycles. The summed E-state index contributed by atoms with van der Waals surface area (Å²) in [6.07, 6.45) is 12.9. The first-order valence-corrected chi connectivity index (χ1v) is 8.70. The van der Waals surface area contributed by atoms with Gasteiger partial charge in [0.25, 0.3) is 0 Å². The molecule has 20 heavy (non-hydrogen) atoms. The standard InChI is InChI=1S/C17H32N2O/c1-2-15-9-5-3-8-12-19(15)16(20)13-17(14-18)10-6-4-7-11-17/h15H,2-14,18H2,1H3. The molecule has 0 aromatic heterocycles. The van der Waals surface area contributed by atoms with Crippen molar-refractivity contribution < 1.29 is 4.79 Å². The van der Waals surface area contributed by atoms with Crippen LogP contribution in [0.2, 0.25) is 0 Å². The number of carbonyl (C=O) groups is 1. The average Bonchev–Trinajstić information content (AvgIpc) is 2.73. The number of hydrogen-bond acceptors (Lipinski definition) is 2. The lowest BCUT2D eigenvalue weighted by Gasteiger charge is -2.38. The summed E-state index contributed by atoms with van der Waals surface area (Å²) in [5.74, 6) is 0.381. The Morgan fingerprint density at radius 1 is 1.15 bits per heavy atom. The Bertz CT molecular complexity index is 310. The van der Waals surface area contributed by atoms with Gasteiger partial charge in [0.15, 0.2) is 0 Å². The molecule has 0 bridgehead atoms. The van der Waals surface area contributed by atoms with Crippen LogP contribution in [0.4, 0.5) is 0 Å². The van der Waals surface area contributed by atoms with Crippen LogP contribution in [0.1, 0.15) is 77.6 Å². The van der Waals surface area contributed by atoms with E-state index in [9.17, 15) is 4.79 Å². The molecule has 1 amide bonds. The van der Waals surface area contributed by atoms with E-state index < -0.39 is 0 Å². The van der Waals surface area contributed by atoms with Crippen molar-refractivity contribution in [1.29, 1.82) is 0 Å². The van der Waals surface area contributed by atoms with Crippen LogP contribution in [0.15, 0.2) is 0 Å². The van der Waals surface area contributed by atoms with Gasteiger partial charge >= 0.3 is 0 Å². The summed E-state index contributed by atoms with van der Waals surface area (Å²) in [5, 5.41) is 0. The molecular weight excluding hydrogens is 248 g/mol. The van der Waals surface area contributed by atoms with Crippen molar-refractivity contribution in [3.63, 3.8) is 0 Å². The second-order valence-electron chi connectivity index (χ2n) is 6.94. The zero-order valence-electron chi connectivity index (χ0n) is 13.2. The Labute approximate surface area is 124 Å². The van der Waals surface area contributed by atoms with Crippen LogP contribution in [-0.4, -0.2) is 29.9 Å². The SMILES string of the molecule is CCC1CCCCCN1C(=O)CC1(CN)CCCCC1. The first-order valence-electron chi connectivity index (χ1n) is 8.70. The summed E-state index contributed by atoms with van der Waals surface area (Å²) in [7, 11) is 0. The molecule has 1 aliphatic carbocycles. The van der Waals surface area contributed by atoms with Gasteiger partial charge in [-0.15, -0.1) is 0 Å². The fraction of sp³-hybridized carbons (Fsp3) is 0.941. The minimum Gasteiger partial charge on any atom is -0.340 e. The van der Waals surface area contributed by atoms with Gasteiger partial charge in [-0.05, 0) is 44.1 Å². The van der Waals surface area contributed by atoms with Crippen LogP contribution in [-0.2, 0) is 4.79 Å². The molecule has 2 N–H and O–H groups in total. The summed E-state index contributed by atoms with van der Waals surface area (Å²) >= 11 is 0. The van der Waals surface area contributed by atoms with Crippen LogP contribution in [0.25, 0.3) is 0 Å². The molecule has 1 atom stereocenters. The van der Waals surface area contributed by atoms with Crippen LogP contribution in [0.5, 0.6) is 0 Å². The molecule has 2 rings (SSSR count). The zero-order chi connectivity index (χ0) is 14.4. The predicted molar refractivity (Wildman–Crippen MR) is 83.4 cm³/mol. The molecule has 0 spiro atoms. The maximum atomic E-state index is 12.8. The Morgan fingerprint density at radius 3 is 2.50 bits per heavy atom. The smallest absolute Gasteiger partial charge is 0.223 e. The van der Waals surface area contributed by atoms with Gasteiger partial charge in [-0.25, -0.2) is 0 Å². The molecule has 3 nitrogen and oxygen atoms in total. The quantitative estimate of drug-likeness (QED) is 0.857. The van der Waals surface area contributed by atoms with Crippen molar-refractivity contribution in [2.24, 2.45) is 11.1 Å². The Hall–Kier alpha value is -0.570. The molecule has 2 fully saturated rings. The maximum absolute atomic E-state index is 12.8. The number of carbonyl (C=O) groups excluding carboxylic acids is 1. The fourth-order valence-corrected chi connectivity index (χ4v) is 4.11. The van der Waals surface area contributed by atoms with E-state index in [4.69, 9.17) is 5.73 Å². The fourth-order valence-electron chi connectivity index (χ4n) is 4.11. The van der Waals surface area contributed by atoms with Crippen LogP contribution < -0.4 is 5.73 Å². The van der Waals surface area contributed by atoms with Crippen molar-refractivity contribution in [3.05, 3.63) is 0 Å². The van der Waals surface area contributed by atoms with E-state index in [1.807, 2.05) is 0 Å². The van der Waals surface area contributed by atoms with Gasteiger partial charge < -0.3 is 10.6 Å². The van der Waals surface area contributed by atoms with E-state index in [1.54, 1.807) is 0 Å². The lowest BCUT2D eigenvalue weighted by Crippen LogP contribution is -2.44. The Morgan fingerprint density at radius 2 is 1.85 bits per heavy atom. The number of nitrogens with zero attached hydrogens (tertiary/aromatic N) is 1. The summed E-state index contributed by atoms with van der Waals surface area (Å²) in [6.45, 7) is 3.87. The van der Waals surface area contributed by atoms with Gasteiger partial charge in [0.2, 0.25) is 5.91 Å². The van der Waals surface area contributed by atoms with Crippen molar-refractivity contribution in [1.82, 2.24) is 4.90 Å². The minimum absolute atomic E-state index is 0.111. The predicted octanol–water partition coefficient (Wildman–Crippen LogP) is 3.47. The first-order chi connectivity index (χ1) is 9.71. The van der Waals surface area contributed by atoms with Crippen LogP contribution in [0, 0.1) is 5.41 Å². The molecule has 1 saturated heterocycles. The Balaban J connectivity index is 2.00. The third-order valence-electron chi connectivity index (χ3n) is 5.54. The molecule has 1 saturated carbocycles. The summed E-state index contributed by atoms with van der Waals surface area (Å²) < 4.78 is 0.